The number of anilines is 2. The Morgan fingerprint density at radius 1 is 1.32 bits per heavy atom. The molecule has 3 N–H and O–H groups in total. The average molecular weight is 254 g/mol. The Morgan fingerprint density at radius 2 is 2.21 bits per heavy atom. The van der Waals surface area contributed by atoms with Gasteiger partial charge in [0.2, 0.25) is 0 Å². The molecule has 3 aromatic rings. The highest BCUT2D eigenvalue weighted by Gasteiger charge is 2.10. The van der Waals surface area contributed by atoms with Gasteiger partial charge in [-0.2, -0.15) is 4.98 Å². The lowest BCUT2D eigenvalue weighted by Crippen LogP contribution is -2.06. The first-order valence-corrected chi connectivity index (χ1v) is 6.05. The van der Waals surface area contributed by atoms with Gasteiger partial charge in [-0.1, -0.05) is 6.07 Å². The van der Waals surface area contributed by atoms with Crippen molar-refractivity contribution in [3.63, 3.8) is 0 Å². The number of nitrogens with zero attached hydrogens (tertiary/aromatic N) is 2. The summed E-state index contributed by atoms with van der Waals surface area (Å²) in [6.45, 7) is 2.03. The van der Waals surface area contributed by atoms with Crippen LogP contribution in [0.25, 0.3) is 11.1 Å². The normalized spacial score (nSPS) is 12.5. The lowest BCUT2D eigenvalue weighted by molar-refractivity contribution is 0.604. The fourth-order valence-electron chi connectivity index (χ4n) is 1.90. The summed E-state index contributed by atoms with van der Waals surface area (Å²) in [5.41, 5.74) is 8.91. The Balaban J connectivity index is 1.85. The maximum Gasteiger partial charge on any atom is 0.296 e. The largest absolute Gasteiger partial charge is 0.423 e. The SMILES string of the molecule is CC(Nc1nc2ccc(N)cc2o1)c1cccnc1. The molecule has 0 saturated heterocycles. The topological polar surface area (TPSA) is 77.0 Å². The standard InChI is InChI=1S/C14H14N4O/c1-9(10-3-2-6-16-8-10)17-14-18-12-5-4-11(15)7-13(12)19-14/h2-9H,15H2,1H3,(H,17,18). The molecule has 2 aromatic heterocycles. The van der Waals surface area contributed by atoms with Crippen LogP contribution in [-0.4, -0.2) is 9.97 Å². The summed E-state index contributed by atoms with van der Waals surface area (Å²) in [7, 11) is 0. The Kier molecular flexibility index (Phi) is 2.79. The molecule has 1 aromatic carbocycles. The molecule has 5 heteroatoms. The van der Waals surface area contributed by atoms with E-state index in [2.05, 4.69) is 15.3 Å². The number of nitrogen functional groups attached to an aromatic ring is 1. The Labute approximate surface area is 110 Å². The van der Waals surface area contributed by atoms with E-state index in [1.54, 1.807) is 18.3 Å². The minimum absolute atomic E-state index is 0.0686. The molecule has 1 atom stereocenters. The third-order valence-corrected chi connectivity index (χ3v) is 2.94. The van der Waals surface area contributed by atoms with Gasteiger partial charge in [0.1, 0.15) is 5.52 Å². The summed E-state index contributed by atoms with van der Waals surface area (Å²) in [6, 6.07) is 9.87. The summed E-state index contributed by atoms with van der Waals surface area (Å²) in [6.07, 6.45) is 3.57. The van der Waals surface area contributed by atoms with Gasteiger partial charge in [0.25, 0.3) is 6.01 Å². The third-order valence-electron chi connectivity index (χ3n) is 2.94. The molecule has 96 valence electrons. The van der Waals surface area contributed by atoms with E-state index in [1.165, 1.54) is 0 Å². The van der Waals surface area contributed by atoms with Crippen LogP contribution in [-0.2, 0) is 0 Å². The number of rotatable bonds is 3. The molecular formula is C14H14N4O. The van der Waals surface area contributed by atoms with Crippen LogP contribution < -0.4 is 11.1 Å². The molecule has 0 saturated carbocycles. The van der Waals surface area contributed by atoms with Crippen LogP contribution in [0.2, 0.25) is 0 Å². The smallest absolute Gasteiger partial charge is 0.296 e. The molecule has 3 rings (SSSR count). The van der Waals surface area contributed by atoms with Crippen LogP contribution >= 0.6 is 0 Å². The molecule has 5 nitrogen and oxygen atoms in total. The number of aromatic nitrogens is 2. The number of hydrogen-bond acceptors (Lipinski definition) is 5. The highest BCUT2D eigenvalue weighted by molar-refractivity contribution is 5.78. The van der Waals surface area contributed by atoms with Gasteiger partial charge in [0.05, 0.1) is 6.04 Å². The number of pyridine rings is 1. The van der Waals surface area contributed by atoms with Gasteiger partial charge in [-0.05, 0) is 30.7 Å². The number of nitrogens with one attached hydrogen (secondary N) is 1. The first kappa shape index (κ1) is 11.5. The highest BCUT2D eigenvalue weighted by atomic mass is 16.4. The number of oxazole rings is 1. The zero-order valence-corrected chi connectivity index (χ0v) is 10.5. The van der Waals surface area contributed by atoms with Crippen molar-refractivity contribution < 1.29 is 4.42 Å². The molecule has 0 aliphatic rings. The first-order valence-electron chi connectivity index (χ1n) is 6.05. The second kappa shape index (κ2) is 4.61. The van der Waals surface area contributed by atoms with Crippen molar-refractivity contribution in [2.45, 2.75) is 13.0 Å². The fourth-order valence-corrected chi connectivity index (χ4v) is 1.90. The second-order valence-electron chi connectivity index (χ2n) is 4.40. The van der Waals surface area contributed by atoms with Crippen molar-refractivity contribution in [1.29, 1.82) is 0 Å². The lowest BCUT2D eigenvalue weighted by atomic mass is 10.1. The quantitative estimate of drug-likeness (QED) is 0.702. The van der Waals surface area contributed by atoms with E-state index in [-0.39, 0.29) is 6.04 Å². The van der Waals surface area contributed by atoms with Gasteiger partial charge in [0.15, 0.2) is 5.58 Å². The summed E-state index contributed by atoms with van der Waals surface area (Å²) in [5, 5.41) is 3.21. The van der Waals surface area contributed by atoms with Gasteiger partial charge >= 0.3 is 0 Å². The van der Waals surface area contributed by atoms with E-state index in [9.17, 15) is 0 Å². The number of nitrogens with two attached hydrogens (primary N) is 1. The molecule has 0 fully saturated rings. The van der Waals surface area contributed by atoms with E-state index >= 15 is 0 Å². The van der Waals surface area contributed by atoms with Gasteiger partial charge in [-0.15, -0.1) is 0 Å². The monoisotopic (exact) mass is 254 g/mol. The van der Waals surface area contributed by atoms with Crippen molar-refractivity contribution in [2.75, 3.05) is 11.1 Å². The van der Waals surface area contributed by atoms with E-state index in [0.717, 1.165) is 11.1 Å². The minimum atomic E-state index is 0.0686. The maximum absolute atomic E-state index is 5.71. The van der Waals surface area contributed by atoms with Gasteiger partial charge in [-0.25, -0.2) is 0 Å². The predicted molar refractivity (Wildman–Crippen MR) is 74.7 cm³/mol. The number of benzene rings is 1. The van der Waals surface area contributed by atoms with Crippen LogP contribution in [0.5, 0.6) is 0 Å². The molecule has 0 aliphatic heterocycles. The third kappa shape index (κ3) is 2.35. The van der Waals surface area contributed by atoms with Crippen molar-refractivity contribution in [3.8, 4) is 0 Å². The molecule has 0 aliphatic carbocycles. The molecule has 0 bridgehead atoms. The Bertz CT molecular complexity index is 693. The molecular weight excluding hydrogens is 240 g/mol. The fraction of sp³-hybridized carbons (Fsp3) is 0.143. The summed E-state index contributed by atoms with van der Waals surface area (Å²) in [4.78, 5) is 8.46. The van der Waals surface area contributed by atoms with Gasteiger partial charge in [0, 0.05) is 24.1 Å². The Hall–Kier alpha value is -2.56. The zero-order chi connectivity index (χ0) is 13.2. The Morgan fingerprint density at radius 3 is 3.00 bits per heavy atom. The lowest BCUT2D eigenvalue weighted by Gasteiger charge is -2.11. The summed E-state index contributed by atoms with van der Waals surface area (Å²) in [5.74, 6) is 0. The van der Waals surface area contributed by atoms with Crippen molar-refractivity contribution >= 4 is 22.8 Å². The molecule has 0 spiro atoms. The zero-order valence-electron chi connectivity index (χ0n) is 10.5. The average Bonchev–Trinajstić information content (AvgIpc) is 2.81. The highest BCUT2D eigenvalue weighted by Crippen LogP contribution is 2.24. The molecule has 1 unspecified atom stereocenters. The van der Waals surface area contributed by atoms with Crippen molar-refractivity contribution in [3.05, 3.63) is 48.3 Å². The molecule has 19 heavy (non-hydrogen) atoms. The summed E-state index contributed by atoms with van der Waals surface area (Å²) < 4.78 is 5.62. The first-order chi connectivity index (χ1) is 9.22. The van der Waals surface area contributed by atoms with E-state index < -0.39 is 0 Å². The van der Waals surface area contributed by atoms with Crippen LogP contribution in [0, 0.1) is 0 Å². The van der Waals surface area contributed by atoms with Crippen molar-refractivity contribution in [1.82, 2.24) is 9.97 Å². The van der Waals surface area contributed by atoms with E-state index in [0.29, 0.717) is 17.3 Å². The molecule has 2 heterocycles. The second-order valence-corrected chi connectivity index (χ2v) is 4.40. The molecule has 0 amide bonds. The predicted octanol–water partition coefficient (Wildman–Crippen LogP) is 2.98. The van der Waals surface area contributed by atoms with E-state index in [1.807, 2.05) is 31.3 Å². The molecule has 0 radical (unpaired) electrons. The minimum Gasteiger partial charge on any atom is -0.423 e. The maximum atomic E-state index is 5.71. The summed E-state index contributed by atoms with van der Waals surface area (Å²) >= 11 is 0. The van der Waals surface area contributed by atoms with Gasteiger partial charge in [-0.3, -0.25) is 4.98 Å². The van der Waals surface area contributed by atoms with Crippen molar-refractivity contribution in [2.24, 2.45) is 0 Å². The van der Waals surface area contributed by atoms with Crippen LogP contribution in [0.1, 0.15) is 18.5 Å². The number of fused-ring (bicyclic) bond motifs is 1. The number of hydrogen-bond donors (Lipinski definition) is 2. The van der Waals surface area contributed by atoms with Crippen LogP contribution in [0.15, 0.2) is 47.1 Å². The van der Waals surface area contributed by atoms with E-state index in [4.69, 9.17) is 10.2 Å². The van der Waals surface area contributed by atoms with Crippen LogP contribution in [0.3, 0.4) is 0 Å². The van der Waals surface area contributed by atoms with Gasteiger partial charge < -0.3 is 15.5 Å². The van der Waals surface area contributed by atoms with Crippen LogP contribution in [0.4, 0.5) is 11.7 Å².